The Balaban J connectivity index is 1.97. The molecule has 1 amide bonds. The number of amides is 1. The van der Waals surface area contributed by atoms with Gasteiger partial charge in [-0.25, -0.2) is 8.78 Å². The normalized spacial score (nSPS) is 12.6. The molecule has 19 heavy (non-hydrogen) atoms. The predicted octanol–water partition coefficient (Wildman–Crippen LogP) is 1.76. The van der Waals surface area contributed by atoms with Gasteiger partial charge in [-0.05, 0) is 11.4 Å². The predicted molar refractivity (Wildman–Crippen MR) is 64.2 cm³/mol. The standard InChI is InChI=1S/C11H10F2N2O3S/c12-10(13)7(16)5-14-11(17)6-4-8(18-15-6)9-2-1-3-19-9/h1-4,7,10,16H,5H2,(H,14,17). The molecule has 0 aliphatic heterocycles. The van der Waals surface area contributed by atoms with Gasteiger partial charge < -0.3 is 14.9 Å². The average molecular weight is 288 g/mol. The molecular formula is C11H10F2N2O3S. The number of rotatable bonds is 5. The molecule has 1 atom stereocenters. The van der Waals surface area contributed by atoms with Gasteiger partial charge in [0.25, 0.3) is 12.3 Å². The number of alkyl halides is 2. The number of thiophene rings is 1. The summed E-state index contributed by atoms with van der Waals surface area (Å²) in [5.74, 6) is -0.249. The molecule has 0 radical (unpaired) electrons. The van der Waals surface area contributed by atoms with Crippen LogP contribution in [-0.2, 0) is 0 Å². The van der Waals surface area contributed by atoms with E-state index in [0.717, 1.165) is 4.88 Å². The van der Waals surface area contributed by atoms with E-state index in [4.69, 9.17) is 9.63 Å². The molecule has 0 bridgehead atoms. The number of aliphatic hydroxyl groups is 1. The van der Waals surface area contributed by atoms with Gasteiger partial charge >= 0.3 is 0 Å². The molecule has 2 N–H and O–H groups in total. The first-order chi connectivity index (χ1) is 9.08. The smallest absolute Gasteiger partial charge is 0.273 e. The zero-order valence-electron chi connectivity index (χ0n) is 9.55. The molecule has 1 unspecified atom stereocenters. The van der Waals surface area contributed by atoms with Crippen molar-refractivity contribution in [2.24, 2.45) is 0 Å². The molecular weight excluding hydrogens is 278 g/mol. The monoisotopic (exact) mass is 288 g/mol. The Morgan fingerprint density at radius 3 is 3.00 bits per heavy atom. The zero-order chi connectivity index (χ0) is 13.8. The van der Waals surface area contributed by atoms with Gasteiger partial charge in [-0.1, -0.05) is 11.2 Å². The molecule has 5 nitrogen and oxygen atoms in total. The van der Waals surface area contributed by atoms with Gasteiger partial charge in [0.05, 0.1) is 4.88 Å². The summed E-state index contributed by atoms with van der Waals surface area (Å²) in [4.78, 5) is 12.4. The third-order valence-electron chi connectivity index (χ3n) is 2.27. The Kier molecular flexibility index (Phi) is 4.23. The molecule has 102 valence electrons. The summed E-state index contributed by atoms with van der Waals surface area (Å²) in [5.41, 5.74) is -0.0233. The van der Waals surface area contributed by atoms with Gasteiger partial charge in [0.15, 0.2) is 11.5 Å². The fourth-order valence-corrected chi connectivity index (χ4v) is 1.97. The van der Waals surface area contributed by atoms with E-state index in [9.17, 15) is 13.6 Å². The van der Waals surface area contributed by atoms with Gasteiger partial charge in [0.2, 0.25) is 0 Å². The first-order valence-corrected chi connectivity index (χ1v) is 6.21. The number of halogens is 2. The molecule has 0 aromatic carbocycles. The summed E-state index contributed by atoms with van der Waals surface area (Å²) in [6.45, 7) is -0.544. The minimum Gasteiger partial charge on any atom is -0.385 e. The molecule has 0 aliphatic carbocycles. The number of nitrogens with zero attached hydrogens (tertiary/aromatic N) is 1. The third-order valence-corrected chi connectivity index (χ3v) is 3.15. The van der Waals surface area contributed by atoms with Crippen molar-refractivity contribution < 1.29 is 23.2 Å². The van der Waals surface area contributed by atoms with Crippen LogP contribution in [0.4, 0.5) is 8.78 Å². The highest BCUT2D eigenvalue weighted by molar-refractivity contribution is 7.13. The van der Waals surface area contributed by atoms with Crippen molar-refractivity contribution in [3.8, 4) is 10.6 Å². The van der Waals surface area contributed by atoms with E-state index in [1.807, 2.05) is 11.4 Å². The number of aromatic nitrogens is 1. The highest BCUT2D eigenvalue weighted by Gasteiger charge is 2.19. The van der Waals surface area contributed by atoms with E-state index in [1.54, 1.807) is 6.07 Å². The molecule has 8 heteroatoms. The fraction of sp³-hybridized carbons (Fsp3) is 0.273. The lowest BCUT2D eigenvalue weighted by atomic mass is 10.3. The maximum atomic E-state index is 12.0. The van der Waals surface area contributed by atoms with Crippen LogP contribution >= 0.6 is 11.3 Å². The van der Waals surface area contributed by atoms with Gasteiger partial charge in [-0.15, -0.1) is 11.3 Å². The fourth-order valence-electron chi connectivity index (χ4n) is 1.29. The van der Waals surface area contributed by atoms with E-state index < -0.39 is 25.0 Å². The van der Waals surface area contributed by atoms with Crippen LogP contribution in [-0.4, -0.2) is 35.2 Å². The number of nitrogens with one attached hydrogen (secondary N) is 1. The maximum absolute atomic E-state index is 12.0. The van der Waals surface area contributed by atoms with Gasteiger partial charge in [-0.3, -0.25) is 4.79 Å². The zero-order valence-corrected chi connectivity index (χ0v) is 10.4. The van der Waals surface area contributed by atoms with Crippen LogP contribution in [0.2, 0.25) is 0 Å². The summed E-state index contributed by atoms with van der Waals surface area (Å²) in [7, 11) is 0. The highest BCUT2D eigenvalue weighted by Crippen LogP contribution is 2.24. The Bertz CT molecular complexity index is 542. The number of hydrogen-bond donors (Lipinski definition) is 2. The van der Waals surface area contributed by atoms with Crippen LogP contribution in [0.5, 0.6) is 0 Å². The molecule has 2 rings (SSSR count). The molecule has 0 saturated carbocycles. The molecule has 0 fully saturated rings. The second-order valence-corrected chi connectivity index (χ2v) is 4.61. The Morgan fingerprint density at radius 1 is 1.58 bits per heavy atom. The molecule has 2 aromatic heterocycles. The minimum absolute atomic E-state index is 0.0233. The van der Waals surface area contributed by atoms with Crippen LogP contribution in [0.1, 0.15) is 10.5 Å². The first kappa shape index (κ1) is 13.6. The minimum atomic E-state index is -2.90. The summed E-state index contributed by atoms with van der Waals surface area (Å²) in [6, 6.07) is 5.03. The summed E-state index contributed by atoms with van der Waals surface area (Å²) < 4.78 is 29.0. The Hall–Kier alpha value is -1.80. The van der Waals surface area contributed by atoms with Crippen molar-refractivity contribution in [1.29, 1.82) is 0 Å². The lowest BCUT2D eigenvalue weighted by Gasteiger charge is -2.09. The van der Waals surface area contributed by atoms with E-state index in [0.29, 0.717) is 5.76 Å². The topological polar surface area (TPSA) is 75.4 Å². The van der Waals surface area contributed by atoms with Crippen LogP contribution in [0, 0.1) is 0 Å². The summed E-state index contributed by atoms with van der Waals surface area (Å²) in [5, 5.41) is 16.4. The van der Waals surface area contributed by atoms with Crippen LogP contribution in [0.3, 0.4) is 0 Å². The molecule has 2 heterocycles. The van der Waals surface area contributed by atoms with Crippen molar-refractivity contribution in [3.05, 3.63) is 29.3 Å². The average Bonchev–Trinajstić information content (AvgIpc) is 3.04. The van der Waals surface area contributed by atoms with Crippen molar-refractivity contribution in [1.82, 2.24) is 10.5 Å². The number of hydrogen-bond acceptors (Lipinski definition) is 5. The maximum Gasteiger partial charge on any atom is 0.273 e. The van der Waals surface area contributed by atoms with Crippen molar-refractivity contribution in [3.63, 3.8) is 0 Å². The molecule has 0 aliphatic rings. The SMILES string of the molecule is O=C(NCC(O)C(F)F)c1cc(-c2cccs2)on1. The van der Waals surface area contributed by atoms with Gasteiger partial charge in [0.1, 0.15) is 6.10 Å². The number of carbonyl (C=O) groups excluding carboxylic acids is 1. The van der Waals surface area contributed by atoms with E-state index in [2.05, 4.69) is 10.5 Å². The van der Waals surface area contributed by atoms with Crippen molar-refractivity contribution >= 4 is 17.2 Å². The van der Waals surface area contributed by atoms with E-state index in [1.165, 1.54) is 17.4 Å². The van der Waals surface area contributed by atoms with Gasteiger partial charge in [-0.2, -0.15) is 0 Å². The highest BCUT2D eigenvalue weighted by atomic mass is 32.1. The third kappa shape index (κ3) is 3.36. The summed E-state index contributed by atoms with van der Waals surface area (Å²) >= 11 is 1.42. The largest absolute Gasteiger partial charge is 0.385 e. The van der Waals surface area contributed by atoms with Crippen LogP contribution in [0.25, 0.3) is 10.6 Å². The first-order valence-electron chi connectivity index (χ1n) is 5.33. The second kappa shape index (κ2) is 5.89. The van der Waals surface area contributed by atoms with Crippen LogP contribution < -0.4 is 5.32 Å². The quantitative estimate of drug-likeness (QED) is 0.879. The molecule has 2 aromatic rings. The Morgan fingerprint density at radius 2 is 2.37 bits per heavy atom. The number of aliphatic hydroxyl groups excluding tert-OH is 1. The van der Waals surface area contributed by atoms with Crippen molar-refractivity contribution in [2.75, 3.05) is 6.54 Å². The molecule has 0 saturated heterocycles. The van der Waals surface area contributed by atoms with E-state index >= 15 is 0 Å². The van der Waals surface area contributed by atoms with Crippen molar-refractivity contribution in [2.45, 2.75) is 12.5 Å². The van der Waals surface area contributed by atoms with Gasteiger partial charge in [0, 0.05) is 12.6 Å². The Labute approximate surface area is 110 Å². The lowest BCUT2D eigenvalue weighted by molar-refractivity contribution is -0.00274. The van der Waals surface area contributed by atoms with Crippen LogP contribution in [0.15, 0.2) is 28.1 Å². The lowest BCUT2D eigenvalue weighted by Crippen LogP contribution is -2.35. The molecule has 0 spiro atoms. The number of carbonyl (C=O) groups is 1. The second-order valence-electron chi connectivity index (χ2n) is 3.67. The van der Waals surface area contributed by atoms with E-state index in [-0.39, 0.29) is 5.69 Å². The summed E-state index contributed by atoms with van der Waals surface area (Å²) in [6.07, 6.45) is -4.80.